The molecule has 0 bridgehead atoms. The summed E-state index contributed by atoms with van der Waals surface area (Å²) >= 11 is 0. The van der Waals surface area contributed by atoms with Crippen LogP contribution in [0.3, 0.4) is 0 Å². The van der Waals surface area contributed by atoms with Crippen LogP contribution < -0.4 is 0 Å². The molecule has 2 unspecified atom stereocenters. The Labute approximate surface area is 126 Å². The molecule has 21 heavy (non-hydrogen) atoms. The molecule has 2 heterocycles. The zero-order chi connectivity index (χ0) is 15.6. The molecule has 0 amide bonds. The van der Waals surface area contributed by atoms with Gasteiger partial charge in [-0.2, -0.15) is 17.0 Å². The second-order valence-electron chi connectivity index (χ2n) is 5.78. The first kappa shape index (κ1) is 16.7. The number of carbonyl (C=O) groups excluding carboxylic acids is 1. The molecule has 0 spiro atoms. The summed E-state index contributed by atoms with van der Waals surface area (Å²) in [7, 11) is -2.11. The first-order chi connectivity index (χ1) is 9.84. The predicted molar refractivity (Wildman–Crippen MR) is 76.8 cm³/mol. The van der Waals surface area contributed by atoms with Crippen LogP contribution in [0.25, 0.3) is 0 Å². The minimum Gasteiger partial charge on any atom is -0.469 e. The van der Waals surface area contributed by atoms with E-state index in [2.05, 4.69) is 0 Å². The Hall–Kier alpha value is -0.700. The van der Waals surface area contributed by atoms with E-state index in [1.165, 1.54) is 15.7 Å². The zero-order valence-corrected chi connectivity index (χ0v) is 13.6. The van der Waals surface area contributed by atoms with Gasteiger partial charge in [-0.1, -0.05) is 0 Å². The van der Waals surface area contributed by atoms with Crippen molar-refractivity contribution >= 4 is 16.2 Å². The predicted octanol–water partition coefficient (Wildman–Crippen LogP) is 0.225. The Kier molecular flexibility index (Phi) is 5.24. The summed E-state index contributed by atoms with van der Waals surface area (Å²) in [4.78, 5) is 11.5. The second-order valence-corrected chi connectivity index (χ2v) is 7.71. The molecule has 2 atom stereocenters. The van der Waals surface area contributed by atoms with Crippen LogP contribution in [-0.4, -0.2) is 68.5 Å². The number of nitrogens with zero attached hydrogens (tertiary/aromatic N) is 2. The van der Waals surface area contributed by atoms with Crippen molar-refractivity contribution in [1.82, 2.24) is 8.61 Å². The fraction of sp³-hybridized carbons (Fsp3) is 0.923. The maximum atomic E-state index is 12.7. The van der Waals surface area contributed by atoms with Crippen LogP contribution in [0.15, 0.2) is 0 Å². The molecular weight excluding hydrogens is 296 g/mol. The maximum Gasteiger partial charge on any atom is 0.308 e. The number of rotatable bonds is 3. The van der Waals surface area contributed by atoms with Crippen LogP contribution in [0.2, 0.25) is 0 Å². The average Bonchev–Trinajstić information content (AvgIpc) is 2.45. The Balaban J connectivity index is 1.99. The highest BCUT2D eigenvalue weighted by Crippen LogP contribution is 2.24. The van der Waals surface area contributed by atoms with Crippen LogP contribution in [0.4, 0.5) is 0 Å². The zero-order valence-electron chi connectivity index (χ0n) is 12.8. The number of carbonyl (C=O) groups is 1. The molecule has 0 aromatic carbocycles. The summed E-state index contributed by atoms with van der Waals surface area (Å²) in [6, 6.07) is 0. The van der Waals surface area contributed by atoms with Crippen LogP contribution in [-0.2, 0) is 24.5 Å². The summed E-state index contributed by atoms with van der Waals surface area (Å²) in [5.74, 6) is -0.440. The van der Waals surface area contributed by atoms with E-state index in [4.69, 9.17) is 9.47 Å². The fourth-order valence-corrected chi connectivity index (χ4v) is 4.77. The Bertz CT molecular complexity index is 463. The van der Waals surface area contributed by atoms with Gasteiger partial charge in [0, 0.05) is 26.2 Å². The van der Waals surface area contributed by atoms with Gasteiger partial charge in [-0.25, -0.2) is 0 Å². The van der Waals surface area contributed by atoms with Gasteiger partial charge < -0.3 is 9.47 Å². The van der Waals surface area contributed by atoms with Crippen LogP contribution in [0, 0.1) is 5.92 Å². The van der Waals surface area contributed by atoms with Crippen LogP contribution >= 0.6 is 0 Å². The molecule has 8 heteroatoms. The summed E-state index contributed by atoms with van der Waals surface area (Å²) in [5.41, 5.74) is 0. The molecule has 0 aromatic heterocycles. The third kappa shape index (κ3) is 3.74. The van der Waals surface area contributed by atoms with Gasteiger partial charge in [-0.3, -0.25) is 4.79 Å². The lowest BCUT2D eigenvalue weighted by atomic mass is 9.99. The molecule has 7 nitrogen and oxygen atoms in total. The summed E-state index contributed by atoms with van der Waals surface area (Å²) < 4.78 is 38.6. The smallest absolute Gasteiger partial charge is 0.308 e. The van der Waals surface area contributed by atoms with Gasteiger partial charge in [-0.15, -0.1) is 0 Å². The number of methoxy groups -OCH3 is 1. The lowest BCUT2D eigenvalue weighted by molar-refractivity contribution is -0.146. The van der Waals surface area contributed by atoms with Crippen molar-refractivity contribution in [3.8, 4) is 0 Å². The Morgan fingerprint density at radius 3 is 2.10 bits per heavy atom. The maximum absolute atomic E-state index is 12.7. The highest BCUT2D eigenvalue weighted by molar-refractivity contribution is 7.86. The topological polar surface area (TPSA) is 76.2 Å². The van der Waals surface area contributed by atoms with Gasteiger partial charge in [-0.05, 0) is 26.7 Å². The van der Waals surface area contributed by atoms with E-state index in [1.807, 2.05) is 13.8 Å². The number of piperidine rings is 1. The molecule has 2 fully saturated rings. The summed E-state index contributed by atoms with van der Waals surface area (Å²) in [6.45, 7) is 5.24. The van der Waals surface area contributed by atoms with Crippen LogP contribution in [0.5, 0.6) is 0 Å². The fourth-order valence-electron chi connectivity index (χ4n) is 2.97. The number of hydrogen-bond donors (Lipinski definition) is 0. The molecule has 0 aliphatic carbocycles. The molecule has 0 radical (unpaired) electrons. The second kappa shape index (κ2) is 6.60. The first-order valence-corrected chi connectivity index (χ1v) is 8.72. The third-order valence-corrected chi connectivity index (χ3v) is 6.00. The molecule has 0 saturated carbocycles. The molecule has 2 rings (SSSR count). The van der Waals surface area contributed by atoms with Crippen molar-refractivity contribution in [2.24, 2.45) is 5.92 Å². The lowest BCUT2D eigenvalue weighted by Crippen LogP contribution is -2.54. The number of esters is 1. The molecule has 2 aliphatic rings. The Morgan fingerprint density at radius 1 is 1.10 bits per heavy atom. The molecule has 0 N–H and O–H groups in total. The SMILES string of the molecule is COC(=O)C1CCN(S(=O)(=O)N2CC(C)OC(C)C2)CC1. The van der Waals surface area contributed by atoms with Gasteiger partial charge in [0.05, 0.1) is 25.2 Å². The average molecular weight is 320 g/mol. The molecule has 2 aliphatic heterocycles. The van der Waals surface area contributed by atoms with E-state index >= 15 is 0 Å². The van der Waals surface area contributed by atoms with Gasteiger partial charge in [0.15, 0.2) is 0 Å². The van der Waals surface area contributed by atoms with E-state index in [0.717, 1.165) is 0 Å². The van der Waals surface area contributed by atoms with Gasteiger partial charge in [0.1, 0.15) is 0 Å². The summed E-state index contributed by atoms with van der Waals surface area (Å²) in [6.07, 6.45) is 0.829. The number of hydrogen-bond acceptors (Lipinski definition) is 5. The van der Waals surface area contributed by atoms with E-state index < -0.39 is 10.2 Å². The molecule has 0 aromatic rings. The first-order valence-electron chi connectivity index (χ1n) is 7.33. The van der Waals surface area contributed by atoms with E-state index in [9.17, 15) is 13.2 Å². The highest BCUT2D eigenvalue weighted by atomic mass is 32.2. The van der Waals surface area contributed by atoms with Crippen molar-refractivity contribution in [3.05, 3.63) is 0 Å². The van der Waals surface area contributed by atoms with E-state index in [0.29, 0.717) is 39.0 Å². The van der Waals surface area contributed by atoms with Crippen molar-refractivity contribution in [2.45, 2.75) is 38.9 Å². The van der Waals surface area contributed by atoms with Crippen molar-refractivity contribution in [3.63, 3.8) is 0 Å². The normalized spacial score (nSPS) is 30.2. The van der Waals surface area contributed by atoms with Crippen LogP contribution in [0.1, 0.15) is 26.7 Å². The Morgan fingerprint density at radius 2 is 1.62 bits per heavy atom. The summed E-state index contributed by atoms with van der Waals surface area (Å²) in [5, 5.41) is 0. The van der Waals surface area contributed by atoms with Crippen molar-refractivity contribution < 1.29 is 22.7 Å². The molecule has 2 saturated heterocycles. The highest BCUT2D eigenvalue weighted by Gasteiger charge is 2.38. The number of ether oxygens (including phenoxy) is 2. The lowest BCUT2D eigenvalue weighted by Gasteiger charge is -2.39. The quantitative estimate of drug-likeness (QED) is 0.696. The molecule has 122 valence electrons. The minimum absolute atomic E-state index is 0.101. The van der Waals surface area contributed by atoms with Gasteiger partial charge in [0.2, 0.25) is 0 Å². The van der Waals surface area contributed by atoms with Gasteiger partial charge >= 0.3 is 5.97 Å². The van der Waals surface area contributed by atoms with Crippen molar-refractivity contribution in [1.29, 1.82) is 0 Å². The van der Waals surface area contributed by atoms with Gasteiger partial charge in [0.25, 0.3) is 10.2 Å². The standard InChI is InChI=1S/C13H24N2O5S/c1-10-8-15(9-11(2)20-10)21(17,18)14-6-4-12(5-7-14)13(16)19-3/h10-12H,4-9H2,1-3H3. The van der Waals surface area contributed by atoms with Crippen molar-refractivity contribution in [2.75, 3.05) is 33.3 Å². The third-order valence-electron chi connectivity index (χ3n) is 4.03. The monoisotopic (exact) mass is 320 g/mol. The van der Waals surface area contributed by atoms with E-state index in [1.54, 1.807) is 0 Å². The number of morpholine rings is 1. The molecular formula is C13H24N2O5S. The minimum atomic E-state index is -3.47. The van der Waals surface area contributed by atoms with E-state index in [-0.39, 0.29) is 24.1 Å². The largest absolute Gasteiger partial charge is 0.469 e.